The maximum atomic E-state index is 12.7. The largest absolute Gasteiger partial charge is 0.378 e. The van der Waals surface area contributed by atoms with Gasteiger partial charge in [0.25, 0.3) is 0 Å². The highest BCUT2D eigenvalue weighted by Crippen LogP contribution is 2.57. The number of fused-ring (bicyclic) bond motifs is 1. The standard InChI is InChI=1S/C17H29N3O4/c1-16(2)14-12(4-3-9-24-14)17(16,18)15(22)19-6-5-13(21)20-7-10-23-11-8-20/h12,14H,3-11,18H2,1-2H3,(H,19,22). The fourth-order valence-corrected chi connectivity index (χ4v) is 4.44. The zero-order valence-corrected chi connectivity index (χ0v) is 14.7. The minimum atomic E-state index is -0.917. The molecule has 1 saturated carbocycles. The molecule has 0 radical (unpaired) electrons. The van der Waals surface area contributed by atoms with Gasteiger partial charge >= 0.3 is 0 Å². The van der Waals surface area contributed by atoms with Crippen molar-refractivity contribution in [3.63, 3.8) is 0 Å². The van der Waals surface area contributed by atoms with Crippen LogP contribution in [0.15, 0.2) is 0 Å². The second-order valence-electron chi connectivity index (χ2n) is 7.63. The van der Waals surface area contributed by atoms with E-state index in [1.807, 2.05) is 13.8 Å². The van der Waals surface area contributed by atoms with Crippen LogP contribution in [0.2, 0.25) is 0 Å². The number of nitrogens with zero attached hydrogens (tertiary/aromatic N) is 1. The number of morpholine rings is 1. The molecule has 1 aliphatic carbocycles. The average molecular weight is 339 g/mol. The summed E-state index contributed by atoms with van der Waals surface area (Å²) in [6.45, 7) is 7.49. The van der Waals surface area contributed by atoms with Gasteiger partial charge in [-0.25, -0.2) is 0 Å². The number of amides is 2. The first-order chi connectivity index (χ1) is 11.4. The molecule has 3 fully saturated rings. The molecule has 136 valence electrons. The molecular formula is C17H29N3O4. The van der Waals surface area contributed by atoms with Crippen LogP contribution in [0.25, 0.3) is 0 Å². The Hall–Kier alpha value is -1.18. The third kappa shape index (κ3) is 2.72. The predicted molar refractivity (Wildman–Crippen MR) is 88.2 cm³/mol. The molecule has 2 amide bonds. The van der Waals surface area contributed by atoms with Crippen molar-refractivity contribution in [3.8, 4) is 0 Å². The number of nitrogens with one attached hydrogen (secondary N) is 1. The maximum absolute atomic E-state index is 12.7. The molecule has 2 aliphatic heterocycles. The fraction of sp³-hybridized carbons (Fsp3) is 0.882. The summed E-state index contributed by atoms with van der Waals surface area (Å²) in [5.41, 5.74) is 5.23. The molecule has 7 heteroatoms. The minimum Gasteiger partial charge on any atom is -0.378 e. The van der Waals surface area contributed by atoms with Gasteiger partial charge < -0.3 is 25.4 Å². The summed E-state index contributed by atoms with van der Waals surface area (Å²) in [5, 5.41) is 2.89. The van der Waals surface area contributed by atoms with Gasteiger partial charge in [0.1, 0.15) is 5.54 Å². The summed E-state index contributed by atoms with van der Waals surface area (Å²) in [4.78, 5) is 26.7. The van der Waals surface area contributed by atoms with Gasteiger partial charge in [0.15, 0.2) is 0 Å². The van der Waals surface area contributed by atoms with Crippen LogP contribution >= 0.6 is 0 Å². The van der Waals surface area contributed by atoms with E-state index in [9.17, 15) is 9.59 Å². The second-order valence-corrected chi connectivity index (χ2v) is 7.63. The number of nitrogens with two attached hydrogens (primary N) is 1. The Balaban J connectivity index is 1.52. The van der Waals surface area contributed by atoms with Crippen LogP contribution in [0.3, 0.4) is 0 Å². The van der Waals surface area contributed by atoms with E-state index in [-0.39, 0.29) is 23.8 Å². The van der Waals surface area contributed by atoms with Crippen LogP contribution in [0.1, 0.15) is 33.1 Å². The molecule has 7 nitrogen and oxygen atoms in total. The van der Waals surface area contributed by atoms with Gasteiger partial charge in [0.2, 0.25) is 11.8 Å². The molecule has 0 aromatic carbocycles. The van der Waals surface area contributed by atoms with Crippen molar-refractivity contribution in [2.45, 2.75) is 44.8 Å². The monoisotopic (exact) mass is 339 g/mol. The van der Waals surface area contributed by atoms with Crippen molar-refractivity contribution in [1.29, 1.82) is 0 Å². The van der Waals surface area contributed by atoms with Crippen LogP contribution in [-0.4, -0.2) is 67.8 Å². The molecule has 2 heterocycles. The minimum absolute atomic E-state index is 0.0522. The second kappa shape index (κ2) is 6.61. The quantitative estimate of drug-likeness (QED) is 0.745. The Morgan fingerprint density at radius 2 is 1.96 bits per heavy atom. The molecule has 3 rings (SSSR count). The van der Waals surface area contributed by atoms with E-state index in [0.717, 1.165) is 19.4 Å². The molecule has 3 atom stereocenters. The molecule has 0 aromatic rings. The molecule has 24 heavy (non-hydrogen) atoms. The normalized spacial score (nSPS) is 34.9. The van der Waals surface area contributed by atoms with Gasteiger partial charge in [-0.05, 0) is 12.8 Å². The average Bonchev–Trinajstić information content (AvgIpc) is 2.61. The summed E-state index contributed by atoms with van der Waals surface area (Å²) < 4.78 is 11.1. The number of carbonyl (C=O) groups is 2. The first-order valence-corrected chi connectivity index (χ1v) is 8.93. The summed E-state index contributed by atoms with van der Waals surface area (Å²) in [6.07, 6.45) is 2.22. The maximum Gasteiger partial charge on any atom is 0.241 e. The summed E-state index contributed by atoms with van der Waals surface area (Å²) in [6, 6.07) is 0. The molecule has 2 saturated heterocycles. The van der Waals surface area contributed by atoms with Crippen LogP contribution < -0.4 is 11.1 Å². The highest BCUT2D eigenvalue weighted by atomic mass is 16.5. The lowest BCUT2D eigenvalue weighted by Gasteiger charge is -2.65. The van der Waals surface area contributed by atoms with Gasteiger partial charge in [-0.1, -0.05) is 13.8 Å². The molecule has 3 aliphatic rings. The Kier molecular flexibility index (Phi) is 4.86. The van der Waals surface area contributed by atoms with E-state index < -0.39 is 11.0 Å². The molecule has 3 unspecified atom stereocenters. The third-order valence-corrected chi connectivity index (χ3v) is 6.05. The molecular weight excluding hydrogens is 310 g/mol. The number of rotatable bonds is 4. The van der Waals surface area contributed by atoms with Crippen LogP contribution in [0, 0.1) is 11.3 Å². The fourth-order valence-electron chi connectivity index (χ4n) is 4.44. The van der Waals surface area contributed by atoms with Crippen molar-refractivity contribution in [2.75, 3.05) is 39.5 Å². The van der Waals surface area contributed by atoms with Crippen molar-refractivity contribution in [1.82, 2.24) is 10.2 Å². The summed E-state index contributed by atoms with van der Waals surface area (Å²) in [5.74, 6) is -0.0401. The molecule has 0 spiro atoms. The van der Waals surface area contributed by atoms with Crippen LogP contribution in [0.4, 0.5) is 0 Å². The van der Waals surface area contributed by atoms with Gasteiger partial charge in [-0.15, -0.1) is 0 Å². The van der Waals surface area contributed by atoms with E-state index in [0.29, 0.717) is 39.3 Å². The SMILES string of the molecule is CC1(C)C2OCCCC2C1(N)C(=O)NCCC(=O)N1CCOCC1. The topological polar surface area (TPSA) is 93.9 Å². The zero-order chi connectivity index (χ0) is 17.4. The van der Waals surface area contributed by atoms with Crippen molar-refractivity contribution >= 4 is 11.8 Å². The Bertz CT molecular complexity index is 504. The third-order valence-electron chi connectivity index (χ3n) is 6.05. The van der Waals surface area contributed by atoms with Crippen molar-refractivity contribution < 1.29 is 19.1 Å². The smallest absolute Gasteiger partial charge is 0.241 e. The summed E-state index contributed by atoms with van der Waals surface area (Å²) in [7, 11) is 0. The van der Waals surface area contributed by atoms with Gasteiger partial charge in [-0.2, -0.15) is 0 Å². The highest BCUT2D eigenvalue weighted by Gasteiger charge is 2.70. The number of hydrogen-bond acceptors (Lipinski definition) is 5. The lowest BCUT2D eigenvalue weighted by molar-refractivity contribution is -0.225. The van der Waals surface area contributed by atoms with Gasteiger partial charge in [-0.3, -0.25) is 9.59 Å². The number of ether oxygens (including phenoxy) is 2. The lowest BCUT2D eigenvalue weighted by atomic mass is 9.46. The van der Waals surface area contributed by atoms with Gasteiger partial charge in [0.05, 0.1) is 19.3 Å². The molecule has 0 bridgehead atoms. The van der Waals surface area contributed by atoms with E-state index in [1.54, 1.807) is 4.90 Å². The zero-order valence-electron chi connectivity index (χ0n) is 14.7. The Morgan fingerprint density at radius 1 is 1.25 bits per heavy atom. The predicted octanol–water partition coefficient (Wildman–Crippen LogP) is -0.116. The van der Waals surface area contributed by atoms with Gasteiger partial charge in [0, 0.05) is 44.0 Å². The van der Waals surface area contributed by atoms with E-state index in [2.05, 4.69) is 5.32 Å². The highest BCUT2D eigenvalue weighted by molar-refractivity contribution is 5.90. The lowest BCUT2D eigenvalue weighted by Crippen LogP contribution is -2.82. The first-order valence-electron chi connectivity index (χ1n) is 8.93. The first kappa shape index (κ1) is 17.6. The van der Waals surface area contributed by atoms with Crippen molar-refractivity contribution in [2.24, 2.45) is 17.1 Å². The Morgan fingerprint density at radius 3 is 2.67 bits per heavy atom. The van der Waals surface area contributed by atoms with Crippen LogP contribution in [-0.2, 0) is 19.1 Å². The molecule has 0 aromatic heterocycles. The summed E-state index contributed by atoms with van der Waals surface area (Å²) >= 11 is 0. The Labute approximate surface area is 143 Å². The van der Waals surface area contributed by atoms with E-state index >= 15 is 0 Å². The van der Waals surface area contributed by atoms with E-state index in [4.69, 9.17) is 15.2 Å². The molecule has 3 N–H and O–H groups in total. The van der Waals surface area contributed by atoms with E-state index in [1.165, 1.54) is 0 Å². The van der Waals surface area contributed by atoms with Crippen LogP contribution in [0.5, 0.6) is 0 Å². The van der Waals surface area contributed by atoms with Crippen molar-refractivity contribution in [3.05, 3.63) is 0 Å². The number of hydrogen-bond donors (Lipinski definition) is 2. The number of carbonyl (C=O) groups excluding carboxylic acids is 2.